The van der Waals surface area contributed by atoms with Crippen molar-refractivity contribution in [2.75, 3.05) is 46.3 Å². The number of aliphatic hydroxyl groups excluding tert-OH is 1. The summed E-state index contributed by atoms with van der Waals surface area (Å²) in [5.74, 6) is 0.142. The second-order valence-corrected chi connectivity index (χ2v) is 7.86. The van der Waals surface area contributed by atoms with Crippen LogP contribution in [-0.4, -0.2) is 78.2 Å². The normalized spacial score (nSPS) is 22.6. The Morgan fingerprint density at radius 1 is 1.21 bits per heavy atom. The van der Waals surface area contributed by atoms with Crippen molar-refractivity contribution in [1.82, 2.24) is 14.8 Å². The number of aromatic nitrogens is 1. The first-order chi connectivity index (χ1) is 13.6. The first-order valence-corrected chi connectivity index (χ1v) is 10.0. The van der Waals surface area contributed by atoms with Crippen LogP contribution in [0, 0.1) is 0 Å². The molecule has 1 saturated heterocycles. The molecule has 2 aliphatic rings. The minimum Gasteiger partial charge on any atom is -0.511 e. The maximum Gasteiger partial charge on any atom is 0.168 e. The number of nitrogens with one attached hydrogen (secondary N) is 1. The Bertz CT molecular complexity index is 906. The minimum absolute atomic E-state index is 0.00568. The van der Waals surface area contributed by atoms with Crippen molar-refractivity contribution in [2.45, 2.75) is 18.8 Å². The molecule has 1 aliphatic heterocycles. The molecule has 0 radical (unpaired) electrons. The molecule has 0 spiro atoms. The van der Waals surface area contributed by atoms with E-state index < -0.39 is 0 Å². The number of benzene rings is 1. The van der Waals surface area contributed by atoms with Gasteiger partial charge in [0.25, 0.3) is 0 Å². The highest BCUT2D eigenvalue weighted by molar-refractivity contribution is 6.14. The number of piperazine rings is 1. The SMILES string of the molecule is CN1CCN(CCN=CC2=C(O)CC(c3c[nH]c4ccccc34)CC2=O)CC1. The highest BCUT2D eigenvalue weighted by Crippen LogP contribution is 2.36. The number of aromatic amines is 1. The number of allylic oxidation sites excluding steroid dienone is 2. The van der Waals surface area contributed by atoms with Crippen molar-refractivity contribution < 1.29 is 9.90 Å². The van der Waals surface area contributed by atoms with Gasteiger partial charge in [-0.1, -0.05) is 18.2 Å². The lowest BCUT2D eigenvalue weighted by Gasteiger charge is -2.31. The summed E-state index contributed by atoms with van der Waals surface area (Å²) >= 11 is 0. The van der Waals surface area contributed by atoms with Crippen molar-refractivity contribution in [3.63, 3.8) is 0 Å². The number of hydrogen-bond acceptors (Lipinski definition) is 5. The summed E-state index contributed by atoms with van der Waals surface area (Å²) in [6.45, 7) is 5.84. The van der Waals surface area contributed by atoms with Gasteiger partial charge in [-0.05, 0) is 18.7 Å². The quantitative estimate of drug-likeness (QED) is 0.783. The summed E-state index contributed by atoms with van der Waals surface area (Å²) in [6.07, 6.45) is 4.43. The van der Waals surface area contributed by atoms with E-state index in [-0.39, 0.29) is 17.5 Å². The molecule has 4 rings (SSSR count). The number of para-hydroxylation sites is 1. The number of likely N-dealkylation sites (N-methyl/N-ethyl adjacent to an activating group) is 1. The lowest BCUT2D eigenvalue weighted by molar-refractivity contribution is -0.116. The number of carbonyl (C=O) groups excluding carboxylic acids is 1. The summed E-state index contributed by atoms with van der Waals surface area (Å²) in [5.41, 5.74) is 2.54. The molecule has 1 aromatic heterocycles. The fourth-order valence-corrected chi connectivity index (χ4v) is 4.13. The molecule has 2 aromatic rings. The molecule has 1 fully saturated rings. The number of Topliss-reactive ketones (excluding diaryl/α,β-unsaturated/α-hetero) is 1. The number of hydrogen-bond donors (Lipinski definition) is 2. The molecule has 1 aromatic carbocycles. The van der Waals surface area contributed by atoms with Gasteiger partial charge in [-0.2, -0.15) is 0 Å². The van der Waals surface area contributed by atoms with E-state index in [1.165, 1.54) is 0 Å². The molecular formula is C22H28N4O2. The van der Waals surface area contributed by atoms with Crippen LogP contribution in [0.1, 0.15) is 24.3 Å². The van der Waals surface area contributed by atoms with Gasteiger partial charge in [0.15, 0.2) is 5.78 Å². The summed E-state index contributed by atoms with van der Waals surface area (Å²) in [6, 6.07) is 8.07. The summed E-state index contributed by atoms with van der Waals surface area (Å²) in [4.78, 5) is 25.0. The van der Waals surface area contributed by atoms with Gasteiger partial charge in [-0.25, -0.2) is 0 Å². The van der Waals surface area contributed by atoms with Gasteiger partial charge in [0.1, 0.15) is 5.76 Å². The second-order valence-electron chi connectivity index (χ2n) is 7.86. The molecular weight excluding hydrogens is 352 g/mol. The zero-order valence-electron chi connectivity index (χ0n) is 16.4. The van der Waals surface area contributed by atoms with E-state index in [0.717, 1.165) is 49.2 Å². The lowest BCUT2D eigenvalue weighted by atomic mass is 9.83. The van der Waals surface area contributed by atoms with Crippen molar-refractivity contribution in [2.24, 2.45) is 4.99 Å². The fourth-order valence-electron chi connectivity index (χ4n) is 4.13. The van der Waals surface area contributed by atoms with E-state index in [1.54, 1.807) is 6.21 Å². The van der Waals surface area contributed by atoms with Crippen LogP contribution in [0.15, 0.2) is 46.8 Å². The van der Waals surface area contributed by atoms with Gasteiger partial charge in [-0.3, -0.25) is 14.7 Å². The second kappa shape index (κ2) is 8.29. The highest BCUT2D eigenvalue weighted by atomic mass is 16.3. The van der Waals surface area contributed by atoms with Crippen LogP contribution < -0.4 is 0 Å². The van der Waals surface area contributed by atoms with E-state index in [2.05, 4.69) is 32.9 Å². The highest BCUT2D eigenvalue weighted by Gasteiger charge is 2.29. The Morgan fingerprint density at radius 2 is 2.00 bits per heavy atom. The molecule has 2 N–H and O–H groups in total. The molecule has 6 heteroatoms. The third-order valence-corrected chi connectivity index (χ3v) is 5.91. The predicted octanol–water partition coefficient (Wildman–Crippen LogP) is 2.74. The fraction of sp³-hybridized carbons (Fsp3) is 0.455. The third kappa shape index (κ3) is 4.03. The van der Waals surface area contributed by atoms with E-state index in [0.29, 0.717) is 25.0 Å². The van der Waals surface area contributed by atoms with E-state index >= 15 is 0 Å². The zero-order chi connectivity index (χ0) is 19.5. The van der Waals surface area contributed by atoms with Crippen molar-refractivity contribution in [3.05, 3.63) is 47.4 Å². The molecule has 1 atom stereocenters. The lowest BCUT2D eigenvalue weighted by Crippen LogP contribution is -2.45. The van der Waals surface area contributed by atoms with Crippen LogP contribution in [0.3, 0.4) is 0 Å². The number of nitrogens with zero attached hydrogens (tertiary/aromatic N) is 3. The first kappa shape index (κ1) is 18.9. The zero-order valence-corrected chi connectivity index (χ0v) is 16.4. The molecule has 0 saturated carbocycles. The van der Waals surface area contributed by atoms with Gasteiger partial charge in [0.05, 0.1) is 12.1 Å². The van der Waals surface area contributed by atoms with Crippen molar-refractivity contribution >= 4 is 22.9 Å². The largest absolute Gasteiger partial charge is 0.511 e. The Balaban J connectivity index is 1.39. The molecule has 1 unspecified atom stereocenters. The topological polar surface area (TPSA) is 71.9 Å². The molecule has 148 valence electrons. The van der Waals surface area contributed by atoms with Gasteiger partial charge in [0.2, 0.25) is 0 Å². The van der Waals surface area contributed by atoms with Crippen molar-refractivity contribution in [1.29, 1.82) is 0 Å². The standard InChI is InChI=1S/C22H28N4O2/c1-25-8-10-26(11-9-25)7-6-23-14-19-21(27)12-16(13-22(19)28)18-15-24-20-5-3-2-4-17(18)20/h2-5,14-16,24,27H,6-13H2,1H3. The Kier molecular flexibility index (Phi) is 5.59. The summed E-state index contributed by atoms with van der Waals surface area (Å²) in [7, 11) is 2.14. The molecule has 0 amide bonds. The van der Waals surface area contributed by atoms with Crippen LogP contribution in [0.4, 0.5) is 0 Å². The number of fused-ring (bicyclic) bond motifs is 1. The Hall–Kier alpha value is -2.44. The monoisotopic (exact) mass is 380 g/mol. The van der Waals surface area contributed by atoms with Gasteiger partial charge in [0, 0.05) is 74.8 Å². The number of aliphatic hydroxyl groups is 1. The van der Waals surface area contributed by atoms with E-state index in [9.17, 15) is 9.90 Å². The van der Waals surface area contributed by atoms with Gasteiger partial charge in [-0.15, -0.1) is 0 Å². The smallest absolute Gasteiger partial charge is 0.168 e. The maximum atomic E-state index is 12.6. The molecule has 28 heavy (non-hydrogen) atoms. The van der Waals surface area contributed by atoms with Crippen LogP contribution in [0.5, 0.6) is 0 Å². The minimum atomic E-state index is -0.0256. The summed E-state index contributed by atoms with van der Waals surface area (Å²) in [5, 5.41) is 11.6. The number of H-pyrrole nitrogens is 1. The van der Waals surface area contributed by atoms with Crippen LogP contribution >= 0.6 is 0 Å². The predicted molar refractivity (Wildman–Crippen MR) is 112 cm³/mol. The average Bonchev–Trinajstić information content (AvgIpc) is 3.12. The summed E-state index contributed by atoms with van der Waals surface area (Å²) < 4.78 is 0. The van der Waals surface area contributed by atoms with Crippen molar-refractivity contribution in [3.8, 4) is 0 Å². The van der Waals surface area contributed by atoms with Gasteiger partial charge < -0.3 is 15.0 Å². The molecule has 6 nitrogen and oxygen atoms in total. The molecule has 1 aliphatic carbocycles. The van der Waals surface area contributed by atoms with E-state index in [1.807, 2.05) is 24.4 Å². The number of carbonyl (C=O) groups is 1. The van der Waals surface area contributed by atoms with Crippen LogP contribution in [0.25, 0.3) is 10.9 Å². The average molecular weight is 380 g/mol. The molecule has 2 heterocycles. The van der Waals surface area contributed by atoms with Crippen LogP contribution in [0.2, 0.25) is 0 Å². The Labute approximate surface area is 165 Å². The van der Waals surface area contributed by atoms with Gasteiger partial charge >= 0.3 is 0 Å². The third-order valence-electron chi connectivity index (χ3n) is 5.91. The first-order valence-electron chi connectivity index (χ1n) is 10.0. The number of ketones is 1. The Morgan fingerprint density at radius 3 is 2.79 bits per heavy atom. The molecule has 0 bridgehead atoms. The maximum absolute atomic E-state index is 12.6. The number of aliphatic imine (C=N–C) groups is 1. The van der Waals surface area contributed by atoms with E-state index in [4.69, 9.17) is 0 Å². The number of rotatable bonds is 5. The van der Waals surface area contributed by atoms with Crippen LogP contribution in [-0.2, 0) is 4.79 Å².